The lowest BCUT2D eigenvalue weighted by Gasteiger charge is -2.34. The van der Waals surface area contributed by atoms with Crippen molar-refractivity contribution in [2.75, 3.05) is 4.90 Å². The van der Waals surface area contributed by atoms with Gasteiger partial charge in [0.2, 0.25) is 0 Å². The molecule has 0 N–H and O–H groups in total. The molecule has 0 aromatic heterocycles. The molecule has 0 radical (unpaired) electrons. The fourth-order valence-corrected chi connectivity index (χ4v) is 10.6. The average molecular weight is 840 g/mol. The Bertz CT molecular complexity index is 3470. The molecule has 1 aliphatic rings. The van der Waals surface area contributed by atoms with Crippen LogP contribution in [0.3, 0.4) is 0 Å². The van der Waals surface area contributed by atoms with Gasteiger partial charge in [-0.25, -0.2) is 0 Å². The maximum absolute atomic E-state index is 2.49. The van der Waals surface area contributed by atoms with Crippen molar-refractivity contribution in [1.82, 2.24) is 0 Å². The number of fused-ring (bicyclic) bond motifs is 4. The molecule has 11 aromatic carbocycles. The van der Waals surface area contributed by atoms with E-state index >= 15 is 0 Å². The van der Waals surface area contributed by atoms with Gasteiger partial charge in [0.05, 0.1) is 11.1 Å². The van der Waals surface area contributed by atoms with Crippen molar-refractivity contribution in [1.29, 1.82) is 0 Å². The van der Waals surface area contributed by atoms with E-state index in [1.165, 1.54) is 77.5 Å². The fourth-order valence-electron chi connectivity index (χ4n) is 10.6. The molecule has 0 aliphatic heterocycles. The predicted molar refractivity (Wildman–Crippen MR) is 278 cm³/mol. The van der Waals surface area contributed by atoms with Gasteiger partial charge < -0.3 is 4.90 Å². The molecule has 0 saturated carbocycles. The van der Waals surface area contributed by atoms with Crippen molar-refractivity contribution in [2.45, 2.75) is 5.41 Å². The minimum absolute atomic E-state index is 0.524. The summed E-state index contributed by atoms with van der Waals surface area (Å²) in [5.41, 5.74) is 19.8. The lowest BCUT2D eigenvalue weighted by atomic mass is 9.68. The molecule has 12 rings (SSSR count). The minimum atomic E-state index is -0.524. The third kappa shape index (κ3) is 6.64. The quantitative estimate of drug-likeness (QED) is 0.140. The lowest BCUT2D eigenvalue weighted by molar-refractivity contribution is 0.768. The van der Waals surface area contributed by atoms with Crippen molar-refractivity contribution in [2.24, 2.45) is 0 Å². The van der Waals surface area contributed by atoms with Gasteiger partial charge in [-0.2, -0.15) is 0 Å². The first kappa shape index (κ1) is 39.1. The molecular weight excluding hydrogens is 795 g/mol. The van der Waals surface area contributed by atoms with Crippen molar-refractivity contribution in [3.8, 4) is 55.6 Å². The molecule has 1 heteroatoms. The molecule has 1 aliphatic carbocycles. The summed E-state index contributed by atoms with van der Waals surface area (Å²) in [6.07, 6.45) is 0. The highest BCUT2D eigenvalue weighted by Crippen LogP contribution is 2.59. The number of benzene rings is 11. The first-order chi connectivity index (χ1) is 32.7. The fraction of sp³-hybridized carbons (Fsp3) is 0.0154. The Morgan fingerprint density at radius 2 is 0.712 bits per heavy atom. The number of rotatable bonds is 9. The summed E-state index contributed by atoms with van der Waals surface area (Å²) < 4.78 is 0. The normalized spacial score (nSPS) is 12.4. The third-order valence-corrected chi connectivity index (χ3v) is 13.5. The van der Waals surface area contributed by atoms with Crippen molar-refractivity contribution >= 4 is 27.8 Å². The molecule has 0 amide bonds. The number of anilines is 3. The van der Waals surface area contributed by atoms with Gasteiger partial charge >= 0.3 is 0 Å². The molecule has 0 saturated heterocycles. The zero-order valence-corrected chi connectivity index (χ0v) is 36.4. The standard InChI is InChI=1S/C65H45N/c1-4-19-46(20-5-1)50-23-14-24-51(43-50)53-26-16-32-57(45-53)66(56-31-15-25-52(44-56)47-39-41-49(42-40-47)59-35-17-22-48-21-10-11-33-58(48)59)63-38-18-37-62-64(63)60-34-12-13-36-61(60)65(62,54-27-6-2-7-28-54)55-29-8-3-9-30-55/h1-45H. The van der Waals surface area contributed by atoms with Crippen LogP contribution >= 0.6 is 0 Å². The van der Waals surface area contributed by atoms with Crippen molar-refractivity contribution in [3.63, 3.8) is 0 Å². The molecule has 0 heterocycles. The molecule has 0 unspecified atom stereocenters. The Labute approximate surface area is 387 Å². The van der Waals surface area contributed by atoms with Gasteiger partial charge in [0, 0.05) is 16.9 Å². The smallest absolute Gasteiger partial charge is 0.0714 e. The first-order valence-electron chi connectivity index (χ1n) is 22.8. The zero-order valence-electron chi connectivity index (χ0n) is 36.4. The van der Waals surface area contributed by atoms with E-state index in [0.29, 0.717) is 0 Å². The SMILES string of the molecule is c1ccc(-c2cccc(-c3cccc(N(c4cccc(-c5ccc(-c6cccc7ccccc67)cc5)c4)c4cccc5c4-c4ccccc4C5(c4ccccc4)c4ccccc4)c3)c2)cc1. The molecule has 1 nitrogen and oxygen atoms in total. The van der Waals surface area contributed by atoms with Crippen LogP contribution in [0.5, 0.6) is 0 Å². The van der Waals surface area contributed by atoms with E-state index in [9.17, 15) is 0 Å². The van der Waals surface area contributed by atoms with Gasteiger partial charge in [-0.1, -0.05) is 237 Å². The van der Waals surface area contributed by atoms with Crippen LogP contribution in [-0.4, -0.2) is 0 Å². The second-order valence-electron chi connectivity index (χ2n) is 17.2. The van der Waals surface area contributed by atoms with Gasteiger partial charge in [-0.05, 0) is 119 Å². The third-order valence-electron chi connectivity index (χ3n) is 13.5. The summed E-state index contributed by atoms with van der Waals surface area (Å²) in [6, 6.07) is 100. The largest absolute Gasteiger partial charge is 0.310 e. The van der Waals surface area contributed by atoms with E-state index in [1.54, 1.807) is 0 Å². The van der Waals surface area contributed by atoms with Crippen molar-refractivity contribution < 1.29 is 0 Å². The molecule has 310 valence electrons. The van der Waals surface area contributed by atoms with Crippen molar-refractivity contribution in [3.05, 3.63) is 295 Å². The Morgan fingerprint density at radius 3 is 1.41 bits per heavy atom. The Balaban J connectivity index is 1.05. The molecule has 0 bridgehead atoms. The van der Waals surface area contributed by atoms with Gasteiger partial charge in [-0.15, -0.1) is 0 Å². The summed E-state index contributed by atoms with van der Waals surface area (Å²) in [6.45, 7) is 0. The van der Waals surface area contributed by atoms with Crippen LogP contribution in [-0.2, 0) is 5.41 Å². The molecule has 0 spiro atoms. The van der Waals surface area contributed by atoms with E-state index in [-0.39, 0.29) is 0 Å². The van der Waals surface area contributed by atoms with Gasteiger partial charge in [0.1, 0.15) is 0 Å². The van der Waals surface area contributed by atoms with E-state index in [2.05, 4.69) is 278 Å². The molecule has 11 aromatic rings. The van der Waals surface area contributed by atoms with Crippen LogP contribution in [0.15, 0.2) is 273 Å². The second kappa shape index (κ2) is 16.6. The predicted octanol–water partition coefficient (Wildman–Crippen LogP) is 17.3. The van der Waals surface area contributed by atoms with Gasteiger partial charge in [0.25, 0.3) is 0 Å². The van der Waals surface area contributed by atoms with Crippen LogP contribution in [0.4, 0.5) is 17.1 Å². The number of hydrogen-bond donors (Lipinski definition) is 0. The van der Waals surface area contributed by atoms with Gasteiger partial charge in [-0.3, -0.25) is 0 Å². The number of nitrogens with zero attached hydrogens (tertiary/aromatic N) is 1. The lowest BCUT2D eigenvalue weighted by Crippen LogP contribution is -2.28. The van der Waals surface area contributed by atoms with E-state index in [1.807, 2.05) is 0 Å². The highest BCUT2D eigenvalue weighted by atomic mass is 15.1. The Morgan fingerprint density at radius 1 is 0.273 bits per heavy atom. The van der Waals surface area contributed by atoms with Crippen LogP contribution in [0.1, 0.15) is 22.3 Å². The Hall–Kier alpha value is -8.52. The maximum Gasteiger partial charge on any atom is 0.0714 e. The second-order valence-corrected chi connectivity index (χ2v) is 17.2. The van der Waals surface area contributed by atoms with E-state index in [0.717, 1.165) is 28.2 Å². The van der Waals surface area contributed by atoms with Crippen LogP contribution in [0.2, 0.25) is 0 Å². The average Bonchev–Trinajstić information content (AvgIpc) is 3.71. The van der Waals surface area contributed by atoms with Crippen LogP contribution < -0.4 is 4.90 Å². The minimum Gasteiger partial charge on any atom is -0.310 e. The molecular formula is C65H45N. The van der Waals surface area contributed by atoms with Crippen LogP contribution in [0, 0.1) is 0 Å². The summed E-state index contributed by atoms with van der Waals surface area (Å²) in [7, 11) is 0. The summed E-state index contributed by atoms with van der Waals surface area (Å²) in [5, 5.41) is 2.51. The number of hydrogen-bond acceptors (Lipinski definition) is 1. The summed E-state index contributed by atoms with van der Waals surface area (Å²) in [4.78, 5) is 2.49. The highest BCUT2D eigenvalue weighted by Gasteiger charge is 2.47. The molecule has 66 heavy (non-hydrogen) atoms. The van der Waals surface area contributed by atoms with Crippen LogP contribution in [0.25, 0.3) is 66.4 Å². The molecule has 0 atom stereocenters. The maximum atomic E-state index is 2.49. The van der Waals surface area contributed by atoms with Gasteiger partial charge in [0.15, 0.2) is 0 Å². The highest BCUT2D eigenvalue weighted by molar-refractivity contribution is 5.99. The summed E-state index contributed by atoms with van der Waals surface area (Å²) in [5.74, 6) is 0. The Kier molecular flexibility index (Phi) is 9.81. The molecule has 0 fully saturated rings. The van der Waals surface area contributed by atoms with E-state index < -0.39 is 5.41 Å². The van der Waals surface area contributed by atoms with E-state index in [4.69, 9.17) is 0 Å². The summed E-state index contributed by atoms with van der Waals surface area (Å²) >= 11 is 0. The topological polar surface area (TPSA) is 3.24 Å². The monoisotopic (exact) mass is 839 g/mol. The zero-order chi connectivity index (χ0) is 43.9. The first-order valence-corrected chi connectivity index (χ1v) is 22.8.